The van der Waals surface area contributed by atoms with Crippen LogP contribution in [0.25, 0.3) is 0 Å². The van der Waals surface area contributed by atoms with Gasteiger partial charge in [-0.1, -0.05) is 19.8 Å². The Hall–Kier alpha value is 4.14. The van der Waals surface area contributed by atoms with Gasteiger partial charge in [0.15, 0.2) is 0 Å². The third-order valence-electron chi connectivity index (χ3n) is 0.498. The van der Waals surface area contributed by atoms with Crippen molar-refractivity contribution in [2.45, 2.75) is 19.8 Å². The summed E-state index contributed by atoms with van der Waals surface area (Å²) in [5, 5.41) is 26.2. The largest absolute Gasteiger partial charge is 1.00 e. The molecule has 0 aliphatic heterocycles. The molecule has 0 aliphatic carbocycles. The fraction of sp³-hybridized carbons (Fsp3) is 0.800. The van der Waals surface area contributed by atoms with Crippen LogP contribution in [-0.2, 0) is 0 Å². The molecular formula is C5H9K3O4. The molecule has 0 amide bonds. The summed E-state index contributed by atoms with van der Waals surface area (Å²) in [7, 11) is 0. The molecule has 0 saturated carbocycles. The van der Waals surface area contributed by atoms with Crippen LogP contribution in [0.15, 0.2) is 0 Å². The van der Waals surface area contributed by atoms with E-state index in [1.165, 1.54) is 0 Å². The third-order valence-corrected chi connectivity index (χ3v) is 0.498. The Labute approximate surface area is 201 Å². The molecule has 0 aliphatic rings. The number of hydrogen-bond donors (Lipinski definition) is 0. The Morgan fingerprint density at radius 2 is 1.42 bits per heavy atom. The SMILES string of the molecule is CCCC[O-].O=C([O-])[O-].[K+].[K+].[K+]. The average molecular weight is 250 g/mol. The first-order valence-corrected chi connectivity index (χ1v) is 2.61. The minimum absolute atomic E-state index is 0. The molecule has 12 heavy (non-hydrogen) atoms. The third kappa shape index (κ3) is 64.8. The van der Waals surface area contributed by atoms with E-state index in [0.29, 0.717) is 0 Å². The van der Waals surface area contributed by atoms with Crippen LogP contribution in [-0.4, -0.2) is 12.8 Å². The molecule has 0 atom stereocenters. The molecule has 0 radical (unpaired) electrons. The summed E-state index contributed by atoms with van der Waals surface area (Å²) in [5.41, 5.74) is 0. The van der Waals surface area contributed by atoms with E-state index in [-0.39, 0.29) is 161 Å². The van der Waals surface area contributed by atoms with Crippen molar-refractivity contribution in [2.24, 2.45) is 0 Å². The van der Waals surface area contributed by atoms with E-state index < -0.39 is 6.16 Å². The van der Waals surface area contributed by atoms with E-state index in [9.17, 15) is 5.11 Å². The molecule has 0 aromatic heterocycles. The fourth-order valence-corrected chi connectivity index (χ4v) is 0.144. The van der Waals surface area contributed by atoms with Gasteiger partial charge in [-0.05, 0) is 6.16 Å². The maximum Gasteiger partial charge on any atom is 1.00 e. The second-order valence-corrected chi connectivity index (χ2v) is 1.31. The van der Waals surface area contributed by atoms with Crippen molar-refractivity contribution in [3.8, 4) is 0 Å². The maximum atomic E-state index is 9.53. The van der Waals surface area contributed by atoms with E-state index >= 15 is 0 Å². The second-order valence-electron chi connectivity index (χ2n) is 1.31. The molecule has 0 saturated heterocycles. The van der Waals surface area contributed by atoms with Crippen molar-refractivity contribution in [1.29, 1.82) is 0 Å². The quantitative estimate of drug-likeness (QED) is 0.455. The zero-order chi connectivity index (χ0) is 7.70. The predicted molar refractivity (Wildman–Crippen MR) is 25.2 cm³/mol. The molecule has 4 nitrogen and oxygen atoms in total. The van der Waals surface area contributed by atoms with E-state index in [1.54, 1.807) is 0 Å². The Bertz CT molecular complexity index is 65.7. The molecule has 0 N–H and O–H groups in total. The van der Waals surface area contributed by atoms with Crippen molar-refractivity contribution < 1.29 is 174 Å². The summed E-state index contributed by atoms with van der Waals surface area (Å²) < 4.78 is 0. The predicted octanol–water partition coefficient (Wildman–Crippen LogP) is -11.3. The van der Waals surface area contributed by atoms with E-state index in [0.717, 1.165) is 12.8 Å². The molecule has 0 spiro atoms. The number of hydrogen-bond acceptors (Lipinski definition) is 4. The van der Waals surface area contributed by atoms with Crippen molar-refractivity contribution >= 4 is 6.16 Å². The van der Waals surface area contributed by atoms with E-state index in [4.69, 9.17) is 15.0 Å². The van der Waals surface area contributed by atoms with Gasteiger partial charge in [-0.2, -0.15) is 0 Å². The van der Waals surface area contributed by atoms with Crippen LogP contribution in [0.1, 0.15) is 19.8 Å². The number of rotatable bonds is 2. The van der Waals surface area contributed by atoms with Crippen molar-refractivity contribution in [3.63, 3.8) is 0 Å². The molecule has 0 aromatic carbocycles. The van der Waals surface area contributed by atoms with Crippen LogP contribution in [0.3, 0.4) is 0 Å². The fourth-order valence-electron chi connectivity index (χ4n) is 0.144. The van der Waals surface area contributed by atoms with Gasteiger partial charge in [-0.25, -0.2) is 0 Å². The van der Waals surface area contributed by atoms with Crippen LogP contribution >= 0.6 is 0 Å². The summed E-state index contributed by atoms with van der Waals surface area (Å²) in [6.45, 7) is 2.11. The number of carbonyl (C=O) groups is 1. The molecule has 0 rings (SSSR count). The summed E-state index contributed by atoms with van der Waals surface area (Å²) in [6, 6.07) is 0. The molecule has 7 heteroatoms. The first-order valence-electron chi connectivity index (χ1n) is 2.61. The normalized spacial score (nSPS) is 5.50. The average Bonchev–Trinajstić information content (AvgIpc) is 1.66. The van der Waals surface area contributed by atoms with Crippen LogP contribution in [0.2, 0.25) is 0 Å². The summed E-state index contributed by atoms with van der Waals surface area (Å²) >= 11 is 0. The van der Waals surface area contributed by atoms with E-state index in [1.807, 2.05) is 6.92 Å². The monoisotopic (exact) mass is 250 g/mol. The smallest absolute Gasteiger partial charge is 0.854 e. The molecule has 0 aromatic rings. The standard InChI is InChI=1S/C4H9O.CH2O3.3K/c1-2-3-4-5;2-1(3)4;;;/h2-4H2,1H3;(H2,2,3,4);;;/q-1;;3*+1/p-2. The summed E-state index contributed by atoms with van der Waals surface area (Å²) in [6.07, 6.45) is -0.469. The summed E-state index contributed by atoms with van der Waals surface area (Å²) in [4.78, 5) is 8.33. The number of carbonyl (C=O) groups excluding carboxylic acids is 1. The molecule has 0 fully saturated rings. The zero-order valence-corrected chi connectivity index (χ0v) is 17.6. The number of carboxylic acid groups (broad SMARTS) is 2. The first kappa shape index (κ1) is 29.8. The van der Waals surface area contributed by atoms with Crippen LogP contribution < -0.4 is 169 Å². The van der Waals surface area contributed by atoms with Gasteiger partial charge in [0, 0.05) is 0 Å². The molecule has 56 valence electrons. The zero-order valence-electron chi connectivity index (χ0n) is 8.25. The van der Waals surface area contributed by atoms with E-state index in [2.05, 4.69) is 0 Å². The van der Waals surface area contributed by atoms with Crippen LogP contribution in [0, 0.1) is 0 Å². The topological polar surface area (TPSA) is 86.2 Å². The van der Waals surface area contributed by atoms with Gasteiger partial charge < -0.3 is 20.1 Å². The van der Waals surface area contributed by atoms with Gasteiger partial charge in [0.05, 0.1) is 0 Å². The van der Waals surface area contributed by atoms with Crippen molar-refractivity contribution in [3.05, 3.63) is 0 Å². The Morgan fingerprint density at radius 3 is 1.42 bits per heavy atom. The molecule has 0 heterocycles. The molecular weight excluding hydrogens is 241 g/mol. The Balaban J connectivity index is -0.0000000221. The van der Waals surface area contributed by atoms with Gasteiger partial charge in [0.1, 0.15) is 0 Å². The van der Waals surface area contributed by atoms with Crippen LogP contribution in [0.5, 0.6) is 0 Å². The molecule has 0 unspecified atom stereocenters. The van der Waals surface area contributed by atoms with Gasteiger partial charge in [-0.3, -0.25) is 0 Å². The van der Waals surface area contributed by atoms with Gasteiger partial charge >= 0.3 is 154 Å². The maximum absolute atomic E-state index is 9.53. The van der Waals surface area contributed by atoms with Crippen molar-refractivity contribution in [2.75, 3.05) is 6.61 Å². The number of unbranched alkanes of at least 4 members (excludes halogenated alkanes) is 1. The first-order chi connectivity index (χ1) is 4.15. The minimum Gasteiger partial charge on any atom is -0.854 e. The molecule has 0 bridgehead atoms. The van der Waals surface area contributed by atoms with Gasteiger partial charge in [-0.15, -0.1) is 6.61 Å². The summed E-state index contributed by atoms with van der Waals surface area (Å²) in [5.74, 6) is 0. The van der Waals surface area contributed by atoms with Gasteiger partial charge in [0.25, 0.3) is 0 Å². The van der Waals surface area contributed by atoms with Crippen molar-refractivity contribution in [1.82, 2.24) is 0 Å². The Morgan fingerprint density at radius 1 is 1.17 bits per heavy atom. The second kappa shape index (κ2) is 29.4. The van der Waals surface area contributed by atoms with Crippen LogP contribution in [0.4, 0.5) is 4.79 Å². The minimum atomic E-state index is -2.33. The Kier molecular flexibility index (Phi) is 73.1. The van der Waals surface area contributed by atoms with Gasteiger partial charge in [0.2, 0.25) is 0 Å².